The first kappa shape index (κ1) is 24.9. The van der Waals surface area contributed by atoms with Crippen LogP contribution in [0.2, 0.25) is 10.0 Å². The van der Waals surface area contributed by atoms with Crippen molar-refractivity contribution in [2.75, 3.05) is 24.4 Å². The highest BCUT2D eigenvalue weighted by molar-refractivity contribution is 8.14. The van der Waals surface area contributed by atoms with Gasteiger partial charge in [0.2, 0.25) is 11.8 Å². The van der Waals surface area contributed by atoms with Crippen molar-refractivity contribution in [2.24, 2.45) is 9.98 Å². The molecule has 0 atom stereocenters. The predicted octanol–water partition coefficient (Wildman–Crippen LogP) is 3.48. The Morgan fingerprint density at radius 2 is 2.09 bits per heavy atom. The Hall–Kier alpha value is -3.18. The summed E-state index contributed by atoms with van der Waals surface area (Å²) in [6.07, 6.45) is 3.09. The van der Waals surface area contributed by atoms with E-state index < -0.39 is 5.90 Å². The molecule has 1 amide bonds. The van der Waals surface area contributed by atoms with Gasteiger partial charge in [-0.25, -0.2) is 9.98 Å². The Labute approximate surface area is 215 Å². The van der Waals surface area contributed by atoms with Crippen LogP contribution >= 0.6 is 35.0 Å². The zero-order chi connectivity index (χ0) is 24.8. The van der Waals surface area contributed by atoms with Gasteiger partial charge in [-0.05, 0) is 46.5 Å². The molecule has 35 heavy (non-hydrogen) atoms. The topological polar surface area (TPSA) is 107 Å². The number of carbonyl (C=O) groups excluding carboxylic acids is 1. The maximum atomic E-state index is 13.2. The van der Waals surface area contributed by atoms with Crippen molar-refractivity contribution in [3.8, 4) is 0 Å². The highest BCUT2D eigenvalue weighted by Gasteiger charge is 2.32. The highest BCUT2D eigenvalue weighted by Crippen LogP contribution is 2.31. The van der Waals surface area contributed by atoms with E-state index >= 15 is 0 Å². The molecule has 0 radical (unpaired) electrons. The van der Waals surface area contributed by atoms with Crippen LogP contribution in [-0.2, 0) is 16.1 Å². The SMILES string of the molecule is COCC[n+]1cc(/N=C(/[O-])CSC2=N/C(=C/c3ccc(Cl)cc3Cl)C(=O)N2c2ccccc2)on1. The van der Waals surface area contributed by atoms with Gasteiger partial charge in [-0.15, -0.1) is 0 Å². The summed E-state index contributed by atoms with van der Waals surface area (Å²) in [6, 6.07) is 14.0. The third-order valence-corrected chi connectivity index (χ3v) is 6.17. The first-order chi connectivity index (χ1) is 16.9. The number of ether oxygens (including phenoxy) is 1. The number of benzene rings is 2. The van der Waals surface area contributed by atoms with Crippen molar-refractivity contribution < 1.29 is 23.8 Å². The molecule has 0 fully saturated rings. The Bertz CT molecular complexity index is 1310. The molecule has 0 saturated carbocycles. The standard InChI is InChI=1S/C23H19Cl2N5O4S/c1-33-10-9-29-13-21(34-28-29)27-20(31)14-35-23-26-19(11-15-7-8-16(24)12-18(15)25)22(32)30(23)17-5-3-2-4-6-17/h2-8,11-13H,9-10,14H2,1H3/b19-11+. The lowest BCUT2D eigenvalue weighted by atomic mass is 10.2. The van der Waals surface area contributed by atoms with E-state index in [1.807, 2.05) is 18.2 Å². The number of aliphatic imine (C=N–C) groups is 2. The van der Waals surface area contributed by atoms with Crippen molar-refractivity contribution in [3.63, 3.8) is 0 Å². The van der Waals surface area contributed by atoms with Gasteiger partial charge in [0.1, 0.15) is 12.3 Å². The van der Waals surface area contributed by atoms with Gasteiger partial charge >= 0.3 is 5.88 Å². The van der Waals surface area contributed by atoms with E-state index in [1.54, 1.807) is 43.5 Å². The molecule has 9 nitrogen and oxygen atoms in total. The van der Waals surface area contributed by atoms with Crippen LogP contribution in [0.5, 0.6) is 0 Å². The third kappa shape index (κ3) is 6.29. The fourth-order valence-corrected chi connectivity index (χ4v) is 4.31. The largest absolute Gasteiger partial charge is 0.861 e. The van der Waals surface area contributed by atoms with E-state index in [-0.39, 0.29) is 23.2 Å². The average Bonchev–Trinajstić information content (AvgIpc) is 3.42. The van der Waals surface area contributed by atoms with Crippen molar-refractivity contribution >= 4 is 69.6 Å². The van der Waals surface area contributed by atoms with Crippen LogP contribution in [0, 0.1) is 0 Å². The average molecular weight is 532 g/mol. The Morgan fingerprint density at radius 1 is 1.29 bits per heavy atom. The fourth-order valence-electron chi connectivity index (χ4n) is 3.05. The number of hydrogen-bond acceptors (Lipinski definition) is 8. The zero-order valence-electron chi connectivity index (χ0n) is 18.4. The molecule has 3 aromatic rings. The van der Waals surface area contributed by atoms with E-state index in [9.17, 15) is 9.90 Å². The Balaban J connectivity index is 1.56. The Morgan fingerprint density at radius 3 is 2.83 bits per heavy atom. The molecule has 0 N–H and O–H groups in total. The van der Waals surface area contributed by atoms with Crippen LogP contribution in [0.3, 0.4) is 0 Å². The molecule has 0 unspecified atom stereocenters. The number of amidine groups is 1. The summed E-state index contributed by atoms with van der Waals surface area (Å²) in [5.74, 6) is -0.799. The van der Waals surface area contributed by atoms with E-state index in [2.05, 4.69) is 15.3 Å². The van der Waals surface area contributed by atoms with Gasteiger partial charge in [0.05, 0.1) is 5.69 Å². The van der Waals surface area contributed by atoms with E-state index in [1.165, 1.54) is 15.8 Å². The molecule has 1 aliphatic heterocycles. The van der Waals surface area contributed by atoms with Crippen molar-refractivity contribution in [1.82, 2.24) is 5.27 Å². The van der Waals surface area contributed by atoms with E-state index in [4.69, 9.17) is 32.5 Å². The normalized spacial score (nSPS) is 15.2. The minimum Gasteiger partial charge on any atom is -0.861 e. The summed E-state index contributed by atoms with van der Waals surface area (Å²) in [5.41, 5.74) is 1.40. The molecule has 1 aliphatic rings. The van der Waals surface area contributed by atoms with Crippen LogP contribution < -0.4 is 14.7 Å². The molecule has 2 heterocycles. The van der Waals surface area contributed by atoms with Crippen molar-refractivity contribution in [1.29, 1.82) is 0 Å². The quantitative estimate of drug-likeness (QED) is 0.190. The van der Waals surface area contributed by atoms with Gasteiger partial charge in [0.15, 0.2) is 5.17 Å². The second-order valence-electron chi connectivity index (χ2n) is 7.16. The van der Waals surface area contributed by atoms with Crippen LogP contribution in [0.4, 0.5) is 11.6 Å². The number of anilines is 1. The molecular weight excluding hydrogens is 513 g/mol. The number of carbonyl (C=O) groups is 1. The van der Waals surface area contributed by atoms with Crippen molar-refractivity contribution in [3.05, 3.63) is 76.0 Å². The number of methoxy groups -OCH3 is 1. The summed E-state index contributed by atoms with van der Waals surface area (Å²) >= 11 is 13.3. The monoisotopic (exact) mass is 531 g/mol. The van der Waals surface area contributed by atoms with Gasteiger partial charge in [-0.2, -0.15) is 0 Å². The fraction of sp³-hybridized carbons (Fsp3) is 0.174. The maximum Gasteiger partial charge on any atom is 0.320 e. The molecule has 0 spiro atoms. The van der Waals surface area contributed by atoms with Crippen molar-refractivity contribution in [2.45, 2.75) is 6.54 Å². The number of rotatable bonds is 8. The van der Waals surface area contributed by atoms with Gasteiger partial charge in [0.25, 0.3) is 12.1 Å². The zero-order valence-corrected chi connectivity index (χ0v) is 20.8. The number of nitrogens with zero attached hydrogens (tertiary/aromatic N) is 5. The summed E-state index contributed by atoms with van der Waals surface area (Å²) < 4.78 is 11.5. The molecule has 0 saturated heterocycles. The maximum absolute atomic E-state index is 13.2. The first-order valence-electron chi connectivity index (χ1n) is 10.3. The lowest BCUT2D eigenvalue weighted by molar-refractivity contribution is -0.763. The summed E-state index contributed by atoms with van der Waals surface area (Å²) in [6.45, 7) is 0.914. The minimum atomic E-state index is -0.466. The van der Waals surface area contributed by atoms with Crippen LogP contribution in [-0.4, -0.2) is 41.7 Å². The number of thioether (sulfide) groups is 1. The minimum absolute atomic E-state index is 0.0663. The lowest BCUT2D eigenvalue weighted by Crippen LogP contribution is -2.36. The highest BCUT2D eigenvalue weighted by atomic mass is 35.5. The number of aromatic nitrogens is 2. The molecule has 2 aromatic carbocycles. The summed E-state index contributed by atoms with van der Waals surface area (Å²) in [4.78, 5) is 23.1. The third-order valence-electron chi connectivity index (χ3n) is 4.68. The molecule has 0 aliphatic carbocycles. The summed E-state index contributed by atoms with van der Waals surface area (Å²) in [7, 11) is 1.58. The van der Waals surface area contributed by atoms with E-state index in [0.29, 0.717) is 39.6 Å². The molecule has 1 aromatic heterocycles. The first-order valence-corrected chi connectivity index (χ1v) is 12.1. The second-order valence-corrected chi connectivity index (χ2v) is 8.94. The van der Waals surface area contributed by atoms with Gasteiger partial charge in [-0.1, -0.05) is 59.2 Å². The number of halogens is 2. The van der Waals surface area contributed by atoms with Crippen LogP contribution in [0.15, 0.2) is 74.9 Å². The number of para-hydroxylation sites is 1. The number of amides is 1. The van der Waals surface area contributed by atoms with Gasteiger partial charge in [-0.3, -0.25) is 14.2 Å². The predicted molar refractivity (Wildman–Crippen MR) is 134 cm³/mol. The number of hydrogen-bond donors (Lipinski definition) is 0. The smallest absolute Gasteiger partial charge is 0.320 e. The van der Waals surface area contributed by atoms with E-state index in [0.717, 1.165) is 11.8 Å². The molecule has 12 heteroatoms. The summed E-state index contributed by atoms with van der Waals surface area (Å²) in [5, 5.41) is 17.4. The molecule has 180 valence electrons. The molecule has 4 rings (SSSR count). The van der Waals surface area contributed by atoms with Crippen LogP contribution in [0.1, 0.15) is 5.56 Å². The lowest BCUT2D eigenvalue weighted by Gasteiger charge is -2.18. The van der Waals surface area contributed by atoms with Crippen LogP contribution in [0.25, 0.3) is 6.08 Å². The second kappa shape index (κ2) is 11.5. The van der Waals surface area contributed by atoms with Gasteiger partial charge in [0, 0.05) is 22.9 Å². The van der Waals surface area contributed by atoms with Gasteiger partial charge < -0.3 is 9.84 Å². The molecule has 0 bridgehead atoms. The Kier molecular flexibility index (Phi) is 8.19. The molecular formula is C23H19Cl2N5O4S.